The average Bonchev–Trinajstić information content (AvgIpc) is 3.13. The maximum absolute atomic E-state index is 12.0. The van der Waals surface area contributed by atoms with E-state index >= 15 is 0 Å². The molecule has 29 heavy (non-hydrogen) atoms. The van der Waals surface area contributed by atoms with E-state index < -0.39 is 0 Å². The third kappa shape index (κ3) is 6.94. The van der Waals surface area contributed by atoms with Crippen molar-refractivity contribution in [3.63, 3.8) is 0 Å². The largest absolute Gasteiger partial charge is 0.484 e. The van der Waals surface area contributed by atoms with Gasteiger partial charge in [0.05, 0.1) is 6.20 Å². The number of amides is 2. The highest BCUT2D eigenvalue weighted by atomic mass is 35.5. The van der Waals surface area contributed by atoms with Crippen LogP contribution in [0.5, 0.6) is 11.5 Å². The number of carbonyl (C=O) groups is 2. The molecule has 2 N–H and O–H groups in total. The highest BCUT2D eigenvalue weighted by Gasteiger charge is 2.10. The first kappa shape index (κ1) is 20.9. The van der Waals surface area contributed by atoms with Crippen molar-refractivity contribution in [3.05, 3.63) is 64.8 Å². The second kappa shape index (κ2) is 10.1. The SMILES string of the molecule is O=C(COc1ccc(Cl)cc1)Nc1cnc(NC(=O)COc2ccc(Cl)cc2)s1. The summed E-state index contributed by atoms with van der Waals surface area (Å²) >= 11 is 12.7. The van der Waals surface area contributed by atoms with Gasteiger partial charge in [0.1, 0.15) is 16.5 Å². The lowest BCUT2D eigenvalue weighted by atomic mass is 10.3. The minimum atomic E-state index is -0.377. The maximum atomic E-state index is 12.0. The third-order valence-electron chi connectivity index (χ3n) is 3.38. The smallest absolute Gasteiger partial charge is 0.264 e. The number of rotatable bonds is 8. The van der Waals surface area contributed by atoms with E-state index in [1.54, 1.807) is 48.5 Å². The predicted octanol–water partition coefficient (Wildman–Crippen LogP) is 4.48. The lowest BCUT2D eigenvalue weighted by Crippen LogP contribution is -2.20. The van der Waals surface area contributed by atoms with Gasteiger partial charge >= 0.3 is 0 Å². The Labute approximate surface area is 180 Å². The van der Waals surface area contributed by atoms with Crippen molar-refractivity contribution < 1.29 is 19.1 Å². The lowest BCUT2D eigenvalue weighted by Gasteiger charge is -2.06. The zero-order valence-corrected chi connectivity index (χ0v) is 17.2. The minimum Gasteiger partial charge on any atom is -0.484 e. The fraction of sp³-hybridized carbons (Fsp3) is 0.105. The number of nitrogens with zero attached hydrogens (tertiary/aromatic N) is 1. The highest BCUT2D eigenvalue weighted by molar-refractivity contribution is 7.19. The van der Waals surface area contributed by atoms with Crippen molar-refractivity contribution in [1.82, 2.24) is 4.98 Å². The number of carbonyl (C=O) groups excluding carboxylic acids is 2. The van der Waals surface area contributed by atoms with Crippen molar-refractivity contribution >= 4 is 56.5 Å². The van der Waals surface area contributed by atoms with Crippen LogP contribution in [0.25, 0.3) is 0 Å². The van der Waals surface area contributed by atoms with E-state index in [1.165, 1.54) is 6.20 Å². The van der Waals surface area contributed by atoms with Crippen molar-refractivity contribution in [2.45, 2.75) is 0 Å². The molecule has 0 radical (unpaired) electrons. The van der Waals surface area contributed by atoms with Crippen molar-refractivity contribution in [2.75, 3.05) is 23.8 Å². The molecule has 0 unspecified atom stereocenters. The van der Waals surface area contributed by atoms with Gasteiger partial charge in [0.25, 0.3) is 11.8 Å². The summed E-state index contributed by atoms with van der Waals surface area (Å²) < 4.78 is 10.7. The molecule has 7 nitrogen and oxygen atoms in total. The number of benzene rings is 2. The van der Waals surface area contributed by atoms with Crippen molar-refractivity contribution in [3.8, 4) is 11.5 Å². The number of thiazole rings is 1. The summed E-state index contributed by atoms with van der Waals surface area (Å²) in [5.41, 5.74) is 0. The second-order valence-corrected chi connectivity index (χ2v) is 7.51. The Hall–Kier alpha value is -2.81. The molecule has 0 saturated carbocycles. The molecule has 0 saturated heterocycles. The Morgan fingerprint density at radius 1 is 0.828 bits per heavy atom. The van der Waals surface area contributed by atoms with Gasteiger partial charge in [-0.1, -0.05) is 34.5 Å². The number of halogens is 2. The summed E-state index contributed by atoms with van der Waals surface area (Å²) in [5, 5.41) is 7.23. The Kier molecular flexibility index (Phi) is 7.29. The van der Waals surface area contributed by atoms with Crippen LogP contribution in [0.4, 0.5) is 10.1 Å². The molecule has 1 heterocycles. The zero-order chi connectivity index (χ0) is 20.6. The minimum absolute atomic E-state index is 0.170. The fourth-order valence-corrected chi connectivity index (χ4v) is 3.08. The Balaban J connectivity index is 1.42. The second-order valence-electron chi connectivity index (χ2n) is 5.61. The standard InChI is InChI=1S/C19H15Cl2N3O4S/c20-12-1-5-14(6-2-12)27-10-16(25)23-18-9-22-19(29-18)24-17(26)11-28-15-7-3-13(21)4-8-15/h1-9H,10-11H2,(H,23,25)(H,22,24,26). The molecule has 0 aliphatic heterocycles. The fourth-order valence-electron chi connectivity index (χ4n) is 2.08. The van der Waals surface area contributed by atoms with E-state index in [0.29, 0.717) is 31.7 Å². The van der Waals surface area contributed by atoms with Crippen LogP contribution in [0.2, 0.25) is 10.0 Å². The molecule has 0 spiro atoms. The van der Waals surface area contributed by atoms with Crippen LogP contribution in [0.1, 0.15) is 0 Å². The van der Waals surface area contributed by atoms with Gasteiger partial charge in [-0.05, 0) is 48.5 Å². The number of hydrogen-bond donors (Lipinski definition) is 2. The summed E-state index contributed by atoms with van der Waals surface area (Å²) in [7, 11) is 0. The molecule has 0 fully saturated rings. The van der Waals surface area contributed by atoms with E-state index in [1.807, 2.05) is 0 Å². The topological polar surface area (TPSA) is 89.5 Å². The normalized spacial score (nSPS) is 10.3. The van der Waals surface area contributed by atoms with Gasteiger partial charge in [0.2, 0.25) is 0 Å². The van der Waals surface area contributed by atoms with E-state index in [9.17, 15) is 9.59 Å². The van der Waals surface area contributed by atoms with Gasteiger partial charge in [0.15, 0.2) is 18.3 Å². The molecule has 0 aliphatic rings. The van der Waals surface area contributed by atoms with Gasteiger partial charge in [-0.3, -0.25) is 14.9 Å². The molecule has 0 atom stereocenters. The van der Waals surface area contributed by atoms with Crippen LogP contribution in [-0.2, 0) is 9.59 Å². The molecular weight excluding hydrogens is 437 g/mol. The first-order valence-corrected chi connectivity index (χ1v) is 9.87. The maximum Gasteiger partial charge on any atom is 0.264 e. The summed E-state index contributed by atoms with van der Waals surface area (Å²) in [6, 6.07) is 13.3. The molecule has 0 bridgehead atoms. The number of anilines is 2. The average molecular weight is 452 g/mol. The molecule has 1 aromatic heterocycles. The molecule has 10 heteroatoms. The van der Waals surface area contributed by atoms with Gasteiger partial charge in [0, 0.05) is 10.0 Å². The molecular formula is C19H15Cl2N3O4S. The zero-order valence-electron chi connectivity index (χ0n) is 14.9. The highest BCUT2D eigenvalue weighted by Crippen LogP contribution is 2.23. The van der Waals surface area contributed by atoms with Crippen LogP contribution in [0, 0.1) is 0 Å². The van der Waals surface area contributed by atoms with E-state index in [2.05, 4.69) is 15.6 Å². The number of nitrogens with one attached hydrogen (secondary N) is 2. The molecule has 150 valence electrons. The number of hydrogen-bond acceptors (Lipinski definition) is 6. The van der Waals surface area contributed by atoms with Gasteiger partial charge in [-0.15, -0.1) is 0 Å². The summed E-state index contributed by atoms with van der Waals surface area (Å²) in [6.45, 7) is -0.353. The number of ether oxygens (including phenoxy) is 2. The predicted molar refractivity (Wildman–Crippen MR) is 113 cm³/mol. The molecule has 2 aromatic carbocycles. The van der Waals surface area contributed by atoms with E-state index in [-0.39, 0.29) is 25.0 Å². The first-order valence-electron chi connectivity index (χ1n) is 8.30. The van der Waals surface area contributed by atoms with E-state index in [4.69, 9.17) is 32.7 Å². The lowest BCUT2D eigenvalue weighted by molar-refractivity contribution is -0.118. The van der Waals surface area contributed by atoms with E-state index in [0.717, 1.165) is 11.3 Å². The van der Waals surface area contributed by atoms with Gasteiger partial charge in [-0.2, -0.15) is 0 Å². The van der Waals surface area contributed by atoms with Crippen molar-refractivity contribution in [2.24, 2.45) is 0 Å². The van der Waals surface area contributed by atoms with Crippen LogP contribution in [0.15, 0.2) is 54.7 Å². The van der Waals surface area contributed by atoms with Crippen LogP contribution in [-0.4, -0.2) is 30.0 Å². The van der Waals surface area contributed by atoms with Gasteiger partial charge < -0.3 is 14.8 Å². The first-order chi connectivity index (χ1) is 14.0. The summed E-state index contributed by atoms with van der Waals surface area (Å²) in [4.78, 5) is 28.0. The Morgan fingerprint density at radius 3 is 1.83 bits per heavy atom. The quantitative estimate of drug-likeness (QED) is 0.526. The van der Waals surface area contributed by atoms with Crippen LogP contribution in [0.3, 0.4) is 0 Å². The Bertz CT molecular complexity index is 900. The molecule has 0 aliphatic carbocycles. The van der Waals surface area contributed by atoms with Crippen molar-refractivity contribution in [1.29, 1.82) is 0 Å². The third-order valence-corrected chi connectivity index (χ3v) is 4.71. The van der Waals surface area contributed by atoms with Gasteiger partial charge in [-0.25, -0.2) is 4.98 Å². The molecule has 3 aromatic rings. The summed E-state index contributed by atoms with van der Waals surface area (Å²) in [5.74, 6) is 0.325. The monoisotopic (exact) mass is 451 g/mol. The number of aromatic nitrogens is 1. The Morgan fingerprint density at radius 2 is 1.31 bits per heavy atom. The molecule has 2 amide bonds. The molecule has 3 rings (SSSR count). The van der Waals surface area contributed by atoms with Crippen LogP contribution >= 0.6 is 34.5 Å². The summed E-state index contributed by atoms with van der Waals surface area (Å²) in [6.07, 6.45) is 1.44. The van der Waals surface area contributed by atoms with Crippen LogP contribution < -0.4 is 20.1 Å².